The fourth-order valence-corrected chi connectivity index (χ4v) is 3.45. The Labute approximate surface area is 202 Å². The van der Waals surface area contributed by atoms with Crippen LogP contribution in [0.3, 0.4) is 0 Å². The van der Waals surface area contributed by atoms with Crippen molar-refractivity contribution >= 4 is 11.9 Å². The minimum atomic E-state index is -4.75. The Bertz CT molecular complexity index is 1330. The third-order valence-electron chi connectivity index (χ3n) is 5.26. The highest BCUT2D eigenvalue weighted by molar-refractivity contribution is 5.73. The molecule has 2 heterocycles. The predicted octanol–water partition coefficient (Wildman–Crippen LogP) is 4.02. The minimum Gasteiger partial charge on any atom is -0.480 e. The average Bonchev–Trinajstić information content (AvgIpc) is 3.37. The van der Waals surface area contributed by atoms with Crippen LogP contribution in [0.5, 0.6) is 5.88 Å². The van der Waals surface area contributed by atoms with E-state index in [-0.39, 0.29) is 29.5 Å². The molecule has 186 valence electrons. The first-order chi connectivity index (χ1) is 17.1. The number of halogens is 3. The topological polar surface area (TPSA) is 150 Å². The lowest BCUT2D eigenvalue weighted by molar-refractivity contribution is -0.198. The molecule has 0 unspecified atom stereocenters. The van der Waals surface area contributed by atoms with Crippen LogP contribution in [0.15, 0.2) is 71.6 Å². The fourth-order valence-electron chi connectivity index (χ4n) is 3.45. The zero-order chi connectivity index (χ0) is 25.9. The molecule has 0 fully saturated rings. The molecule has 2 aromatic carbocycles. The van der Waals surface area contributed by atoms with Gasteiger partial charge in [0.25, 0.3) is 0 Å². The number of carbonyl (C=O) groups is 1. The second-order valence-corrected chi connectivity index (χ2v) is 7.87. The monoisotopic (exact) mass is 499 g/mol. The van der Waals surface area contributed by atoms with Gasteiger partial charge in [-0.25, -0.2) is 4.98 Å². The molecular weight excluding hydrogens is 479 g/mol. The summed E-state index contributed by atoms with van der Waals surface area (Å²) >= 11 is 0. The van der Waals surface area contributed by atoms with Crippen molar-refractivity contribution in [1.82, 2.24) is 15.1 Å². The first-order valence-corrected chi connectivity index (χ1v) is 10.6. The maximum Gasteiger partial charge on any atom is 0.429 e. The quantitative estimate of drug-likeness (QED) is 0.327. The van der Waals surface area contributed by atoms with Crippen LogP contribution in [0.1, 0.15) is 17.2 Å². The SMILES string of the molecule is Nc1nc(O[C@H](c2ccc(-c3cnoc3)cc2)C(F)(F)F)cc(-c2ccc(C[C@H](N)C(=O)O)cc2)n1. The van der Waals surface area contributed by atoms with Gasteiger partial charge in [0, 0.05) is 22.8 Å². The van der Waals surface area contributed by atoms with Crippen LogP contribution < -0.4 is 16.2 Å². The lowest BCUT2D eigenvalue weighted by Gasteiger charge is -2.22. The maximum atomic E-state index is 13.9. The van der Waals surface area contributed by atoms with Crippen molar-refractivity contribution in [2.24, 2.45) is 5.73 Å². The van der Waals surface area contributed by atoms with E-state index < -0.39 is 24.3 Å². The molecule has 9 nitrogen and oxygen atoms in total. The minimum absolute atomic E-state index is 0.110. The van der Waals surface area contributed by atoms with E-state index >= 15 is 0 Å². The van der Waals surface area contributed by atoms with Crippen molar-refractivity contribution in [3.8, 4) is 28.3 Å². The van der Waals surface area contributed by atoms with Gasteiger partial charge < -0.3 is 25.8 Å². The number of hydrogen-bond donors (Lipinski definition) is 3. The Morgan fingerprint density at radius 3 is 2.28 bits per heavy atom. The molecule has 0 bridgehead atoms. The van der Waals surface area contributed by atoms with Crippen LogP contribution in [0, 0.1) is 0 Å². The molecule has 0 aliphatic carbocycles. The van der Waals surface area contributed by atoms with E-state index in [2.05, 4.69) is 15.1 Å². The molecule has 0 spiro atoms. The van der Waals surface area contributed by atoms with Gasteiger partial charge in [-0.2, -0.15) is 18.2 Å². The van der Waals surface area contributed by atoms with Crippen molar-refractivity contribution in [2.45, 2.75) is 24.7 Å². The molecule has 5 N–H and O–H groups in total. The molecule has 0 amide bonds. The van der Waals surface area contributed by atoms with Crippen LogP contribution >= 0.6 is 0 Å². The van der Waals surface area contributed by atoms with Crippen molar-refractivity contribution < 1.29 is 32.3 Å². The maximum absolute atomic E-state index is 13.9. The third kappa shape index (κ3) is 5.78. The number of benzene rings is 2. The van der Waals surface area contributed by atoms with Gasteiger partial charge in [-0.05, 0) is 17.5 Å². The van der Waals surface area contributed by atoms with Gasteiger partial charge >= 0.3 is 12.1 Å². The number of nitrogens with two attached hydrogens (primary N) is 2. The molecule has 0 saturated carbocycles. The summed E-state index contributed by atoms with van der Waals surface area (Å²) in [6.07, 6.45) is -4.12. The Morgan fingerprint density at radius 1 is 1.03 bits per heavy atom. The number of ether oxygens (including phenoxy) is 1. The number of carboxylic acids is 1. The number of aromatic nitrogens is 3. The highest BCUT2D eigenvalue weighted by Crippen LogP contribution is 2.38. The summed E-state index contributed by atoms with van der Waals surface area (Å²) in [6, 6.07) is 12.3. The Balaban J connectivity index is 1.58. The van der Waals surface area contributed by atoms with E-state index in [0.29, 0.717) is 22.3 Å². The number of anilines is 1. The van der Waals surface area contributed by atoms with Gasteiger partial charge in [-0.1, -0.05) is 53.7 Å². The number of nitrogen functional groups attached to an aromatic ring is 1. The molecule has 12 heteroatoms. The number of carboxylic acid groups (broad SMARTS) is 1. The molecule has 36 heavy (non-hydrogen) atoms. The van der Waals surface area contributed by atoms with Gasteiger partial charge in [0.05, 0.1) is 11.9 Å². The molecule has 2 aromatic heterocycles. The van der Waals surface area contributed by atoms with E-state index in [1.807, 2.05) is 0 Å². The fraction of sp³-hybridized carbons (Fsp3) is 0.167. The Kier molecular flexibility index (Phi) is 6.88. The summed E-state index contributed by atoms with van der Waals surface area (Å²) in [5, 5.41) is 12.5. The molecule has 0 radical (unpaired) electrons. The zero-order valence-electron chi connectivity index (χ0n) is 18.5. The van der Waals surface area contributed by atoms with Gasteiger partial charge in [0.1, 0.15) is 12.3 Å². The standard InChI is InChI=1S/C24H20F3N5O4/c25-24(26,27)21(16-7-5-14(6-8-16)17-11-30-35-12-17)36-20-10-19(31-23(29)32-20)15-3-1-13(2-4-15)9-18(28)22(33)34/h1-8,10-12,18,21H,9,28H2,(H,33,34)(H2,29,31,32)/t18-,21+/m0/s1. The number of hydrogen-bond acceptors (Lipinski definition) is 8. The van der Waals surface area contributed by atoms with E-state index in [4.69, 9.17) is 25.8 Å². The third-order valence-corrected chi connectivity index (χ3v) is 5.26. The summed E-state index contributed by atoms with van der Waals surface area (Å²) in [5.41, 5.74) is 13.8. The largest absolute Gasteiger partial charge is 0.480 e. The summed E-state index contributed by atoms with van der Waals surface area (Å²) in [6.45, 7) is 0. The second-order valence-electron chi connectivity index (χ2n) is 7.87. The lowest BCUT2D eigenvalue weighted by atomic mass is 10.0. The molecule has 0 aliphatic rings. The number of rotatable bonds is 8. The Hall–Kier alpha value is -4.45. The van der Waals surface area contributed by atoms with Crippen molar-refractivity contribution in [3.63, 3.8) is 0 Å². The molecule has 2 atom stereocenters. The zero-order valence-corrected chi connectivity index (χ0v) is 18.5. The van der Waals surface area contributed by atoms with Crippen molar-refractivity contribution in [3.05, 3.63) is 78.2 Å². The molecule has 0 saturated heterocycles. The van der Waals surface area contributed by atoms with Crippen LogP contribution in [0.4, 0.5) is 19.1 Å². The van der Waals surface area contributed by atoms with Gasteiger partial charge in [-0.15, -0.1) is 0 Å². The smallest absolute Gasteiger partial charge is 0.429 e. The van der Waals surface area contributed by atoms with Crippen LogP contribution in [0.25, 0.3) is 22.4 Å². The lowest BCUT2D eigenvalue weighted by Crippen LogP contribution is -2.32. The Morgan fingerprint density at radius 2 is 1.69 bits per heavy atom. The molecular formula is C24H20F3N5O4. The van der Waals surface area contributed by atoms with Crippen LogP contribution in [-0.2, 0) is 11.2 Å². The van der Waals surface area contributed by atoms with Crippen molar-refractivity contribution in [2.75, 3.05) is 5.73 Å². The van der Waals surface area contributed by atoms with Gasteiger partial charge in [-0.3, -0.25) is 4.79 Å². The highest BCUT2D eigenvalue weighted by Gasteiger charge is 2.43. The van der Waals surface area contributed by atoms with Gasteiger partial charge in [0.2, 0.25) is 17.9 Å². The van der Waals surface area contributed by atoms with E-state index in [1.54, 1.807) is 24.3 Å². The average molecular weight is 499 g/mol. The summed E-state index contributed by atoms with van der Waals surface area (Å²) in [4.78, 5) is 18.8. The number of alkyl halides is 3. The molecule has 0 aliphatic heterocycles. The summed E-state index contributed by atoms with van der Waals surface area (Å²) in [7, 11) is 0. The number of aliphatic carboxylic acids is 1. The summed E-state index contributed by atoms with van der Waals surface area (Å²) < 4.78 is 51.8. The van der Waals surface area contributed by atoms with Crippen molar-refractivity contribution in [1.29, 1.82) is 0 Å². The van der Waals surface area contributed by atoms with E-state index in [9.17, 15) is 18.0 Å². The first-order valence-electron chi connectivity index (χ1n) is 10.6. The second kappa shape index (κ2) is 10.0. The predicted molar refractivity (Wildman–Crippen MR) is 123 cm³/mol. The first kappa shape index (κ1) is 24.7. The molecule has 4 rings (SSSR count). The van der Waals surface area contributed by atoms with Gasteiger partial charge in [0.15, 0.2) is 0 Å². The van der Waals surface area contributed by atoms with E-state index in [1.165, 1.54) is 42.8 Å². The summed E-state index contributed by atoms with van der Waals surface area (Å²) in [5.74, 6) is -1.76. The van der Waals surface area contributed by atoms with Crippen LogP contribution in [-0.4, -0.2) is 38.4 Å². The normalized spacial score (nSPS) is 13.2. The van der Waals surface area contributed by atoms with E-state index in [0.717, 1.165) is 0 Å². The van der Waals surface area contributed by atoms with Crippen LogP contribution in [0.2, 0.25) is 0 Å². The molecule has 4 aromatic rings. The highest BCUT2D eigenvalue weighted by atomic mass is 19.4. The number of nitrogens with zero attached hydrogens (tertiary/aromatic N) is 3.